The molecule has 3 aromatic rings. The summed E-state index contributed by atoms with van der Waals surface area (Å²) in [5.74, 6) is 0.514. The molecule has 0 unspecified atom stereocenters. The molecule has 0 aliphatic carbocycles. The lowest BCUT2D eigenvalue weighted by Crippen LogP contribution is -2.22. The lowest BCUT2D eigenvalue weighted by molar-refractivity contribution is -0.115. The monoisotopic (exact) mass is 433 g/mol. The molecule has 26 heavy (non-hydrogen) atoms. The number of para-hydroxylation sites is 2. The van der Waals surface area contributed by atoms with Crippen molar-refractivity contribution < 1.29 is 9.53 Å². The van der Waals surface area contributed by atoms with Crippen LogP contribution in [0.5, 0.6) is 5.75 Å². The standard InChI is InChI=1S/C17H16BrN5O2S/c1-11(16(24)19-13-9-7-12(18)8-10-13)26-17-20-21-22-23(17)14-5-3-4-6-15(14)25-2/h3-11H,1-2H3,(H,19,24)/t11-/m1/s1. The second kappa shape index (κ2) is 8.33. The Hall–Kier alpha value is -2.39. The molecule has 0 saturated carbocycles. The minimum Gasteiger partial charge on any atom is -0.494 e. The fourth-order valence-electron chi connectivity index (χ4n) is 2.20. The highest BCUT2D eigenvalue weighted by Crippen LogP contribution is 2.28. The van der Waals surface area contributed by atoms with Crippen LogP contribution in [-0.4, -0.2) is 38.5 Å². The number of ether oxygens (including phenoxy) is 1. The maximum Gasteiger partial charge on any atom is 0.237 e. The Labute approximate surface area is 163 Å². The van der Waals surface area contributed by atoms with E-state index in [9.17, 15) is 4.79 Å². The SMILES string of the molecule is COc1ccccc1-n1nnnc1S[C@H](C)C(=O)Nc1ccc(Br)cc1. The summed E-state index contributed by atoms with van der Waals surface area (Å²) in [6.45, 7) is 1.81. The lowest BCUT2D eigenvalue weighted by Gasteiger charge is -2.13. The van der Waals surface area contributed by atoms with Gasteiger partial charge in [0.1, 0.15) is 11.4 Å². The molecule has 2 aromatic carbocycles. The van der Waals surface area contributed by atoms with E-state index >= 15 is 0 Å². The summed E-state index contributed by atoms with van der Waals surface area (Å²) in [5.41, 5.74) is 1.44. The predicted molar refractivity (Wildman–Crippen MR) is 104 cm³/mol. The third-order valence-corrected chi connectivity index (χ3v) is 5.08. The number of amides is 1. The number of anilines is 1. The van der Waals surface area contributed by atoms with Crippen molar-refractivity contribution in [1.82, 2.24) is 20.2 Å². The molecular weight excluding hydrogens is 418 g/mol. The Kier molecular flexibility index (Phi) is 5.89. The van der Waals surface area contributed by atoms with Gasteiger partial charge >= 0.3 is 0 Å². The van der Waals surface area contributed by atoms with E-state index < -0.39 is 5.25 Å². The molecule has 0 saturated heterocycles. The van der Waals surface area contributed by atoms with Gasteiger partial charge in [0.25, 0.3) is 0 Å². The molecule has 1 aromatic heterocycles. The van der Waals surface area contributed by atoms with Gasteiger partial charge in [-0.1, -0.05) is 39.8 Å². The van der Waals surface area contributed by atoms with E-state index in [2.05, 4.69) is 36.8 Å². The summed E-state index contributed by atoms with van der Waals surface area (Å²) >= 11 is 4.64. The lowest BCUT2D eigenvalue weighted by atomic mass is 10.3. The number of tetrazole rings is 1. The summed E-state index contributed by atoms with van der Waals surface area (Å²) in [4.78, 5) is 12.4. The number of halogens is 1. The minimum absolute atomic E-state index is 0.133. The first-order valence-electron chi connectivity index (χ1n) is 7.73. The Morgan fingerprint density at radius 1 is 1.23 bits per heavy atom. The third kappa shape index (κ3) is 4.23. The normalized spacial score (nSPS) is 11.8. The minimum atomic E-state index is -0.391. The molecule has 1 N–H and O–H groups in total. The number of nitrogens with zero attached hydrogens (tertiary/aromatic N) is 4. The number of hydrogen-bond acceptors (Lipinski definition) is 6. The van der Waals surface area contributed by atoms with Crippen molar-refractivity contribution in [1.29, 1.82) is 0 Å². The third-order valence-electron chi connectivity index (χ3n) is 3.52. The zero-order chi connectivity index (χ0) is 18.5. The van der Waals surface area contributed by atoms with E-state index in [1.54, 1.807) is 18.7 Å². The van der Waals surface area contributed by atoms with Crippen LogP contribution in [0.15, 0.2) is 58.2 Å². The van der Waals surface area contributed by atoms with Gasteiger partial charge in [-0.05, 0) is 53.7 Å². The maximum absolute atomic E-state index is 12.4. The quantitative estimate of drug-likeness (QED) is 0.598. The number of carbonyl (C=O) groups excluding carboxylic acids is 1. The molecule has 1 heterocycles. The predicted octanol–water partition coefficient (Wildman–Crippen LogP) is 3.55. The Balaban J connectivity index is 1.74. The van der Waals surface area contributed by atoms with Crippen molar-refractivity contribution in [3.05, 3.63) is 53.0 Å². The Morgan fingerprint density at radius 2 is 1.96 bits per heavy atom. The van der Waals surface area contributed by atoms with Crippen LogP contribution in [0.1, 0.15) is 6.92 Å². The first-order chi connectivity index (χ1) is 12.6. The number of rotatable bonds is 6. The van der Waals surface area contributed by atoms with Crippen LogP contribution >= 0.6 is 27.7 Å². The first-order valence-corrected chi connectivity index (χ1v) is 9.40. The second-order valence-corrected chi connectivity index (χ2v) is 7.52. The van der Waals surface area contributed by atoms with Gasteiger partial charge in [-0.15, -0.1) is 5.10 Å². The van der Waals surface area contributed by atoms with Gasteiger partial charge in [0.05, 0.1) is 12.4 Å². The van der Waals surface area contributed by atoms with E-state index in [1.165, 1.54) is 11.8 Å². The van der Waals surface area contributed by atoms with Crippen molar-refractivity contribution in [2.45, 2.75) is 17.3 Å². The fraction of sp³-hybridized carbons (Fsp3) is 0.176. The van der Waals surface area contributed by atoms with Crippen molar-refractivity contribution in [2.75, 3.05) is 12.4 Å². The van der Waals surface area contributed by atoms with Gasteiger partial charge in [-0.2, -0.15) is 4.68 Å². The smallest absolute Gasteiger partial charge is 0.237 e. The summed E-state index contributed by atoms with van der Waals surface area (Å²) in [7, 11) is 1.59. The zero-order valence-electron chi connectivity index (χ0n) is 14.1. The molecule has 3 rings (SSSR count). The van der Waals surface area contributed by atoms with Gasteiger partial charge in [-0.25, -0.2) is 0 Å². The van der Waals surface area contributed by atoms with E-state index in [-0.39, 0.29) is 5.91 Å². The topological polar surface area (TPSA) is 81.9 Å². The van der Waals surface area contributed by atoms with Crippen LogP contribution in [0, 0.1) is 0 Å². The van der Waals surface area contributed by atoms with Gasteiger partial charge in [0, 0.05) is 10.2 Å². The van der Waals surface area contributed by atoms with Crippen molar-refractivity contribution in [3.8, 4) is 11.4 Å². The molecule has 0 bridgehead atoms. The maximum atomic E-state index is 12.4. The van der Waals surface area contributed by atoms with Gasteiger partial charge in [0.2, 0.25) is 11.1 Å². The molecule has 0 spiro atoms. The van der Waals surface area contributed by atoms with Gasteiger partial charge in [0.15, 0.2) is 0 Å². The fourth-order valence-corrected chi connectivity index (χ4v) is 3.26. The number of thioether (sulfide) groups is 1. The highest BCUT2D eigenvalue weighted by Gasteiger charge is 2.20. The average Bonchev–Trinajstić information content (AvgIpc) is 3.11. The van der Waals surface area contributed by atoms with E-state index in [0.717, 1.165) is 10.2 Å². The average molecular weight is 434 g/mol. The van der Waals surface area contributed by atoms with Crippen LogP contribution in [0.25, 0.3) is 5.69 Å². The van der Waals surface area contributed by atoms with Crippen molar-refractivity contribution in [2.24, 2.45) is 0 Å². The summed E-state index contributed by atoms with van der Waals surface area (Å²) < 4.78 is 7.87. The number of aromatic nitrogens is 4. The van der Waals surface area contributed by atoms with Crippen LogP contribution in [0.2, 0.25) is 0 Å². The van der Waals surface area contributed by atoms with Gasteiger partial charge in [-0.3, -0.25) is 4.79 Å². The molecule has 0 radical (unpaired) electrons. The molecule has 7 nitrogen and oxygen atoms in total. The number of benzene rings is 2. The summed E-state index contributed by atoms with van der Waals surface area (Å²) in [5, 5.41) is 14.8. The van der Waals surface area contributed by atoms with Crippen molar-refractivity contribution in [3.63, 3.8) is 0 Å². The highest BCUT2D eigenvalue weighted by atomic mass is 79.9. The molecule has 1 amide bonds. The Bertz CT molecular complexity index is 900. The largest absolute Gasteiger partial charge is 0.494 e. The van der Waals surface area contributed by atoms with Crippen LogP contribution in [0.4, 0.5) is 5.69 Å². The van der Waals surface area contributed by atoms with E-state index in [1.807, 2.05) is 48.5 Å². The molecule has 0 fully saturated rings. The molecule has 0 aliphatic rings. The van der Waals surface area contributed by atoms with E-state index in [4.69, 9.17) is 4.74 Å². The number of carbonyl (C=O) groups is 1. The Morgan fingerprint density at radius 3 is 2.69 bits per heavy atom. The zero-order valence-corrected chi connectivity index (χ0v) is 16.5. The number of hydrogen-bond donors (Lipinski definition) is 1. The van der Waals surface area contributed by atoms with Crippen LogP contribution < -0.4 is 10.1 Å². The van der Waals surface area contributed by atoms with Crippen molar-refractivity contribution >= 4 is 39.3 Å². The molecule has 0 aliphatic heterocycles. The molecule has 134 valence electrons. The number of nitrogens with one attached hydrogen (secondary N) is 1. The summed E-state index contributed by atoms with van der Waals surface area (Å²) in [6.07, 6.45) is 0. The highest BCUT2D eigenvalue weighted by molar-refractivity contribution is 9.10. The molecule has 1 atom stereocenters. The van der Waals surface area contributed by atoms with E-state index in [0.29, 0.717) is 16.6 Å². The van der Waals surface area contributed by atoms with Crippen LogP contribution in [0.3, 0.4) is 0 Å². The first kappa shape index (κ1) is 18.4. The van der Waals surface area contributed by atoms with Gasteiger partial charge < -0.3 is 10.1 Å². The molecule has 9 heteroatoms. The number of methoxy groups -OCH3 is 1. The summed E-state index contributed by atoms with van der Waals surface area (Å²) in [6, 6.07) is 14.8. The van der Waals surface area contributed by atoms with Crippen LogP contribution in [-0.2, 0) is 4.79 Å². The second-order valence-electron chi connectivity index (χ2n) is 5.30. The molecular formula is C17H16BrN5O2S.